The molecule has 0 fully saturated rings. The van der Waals surface area contributed by atoms with Crippen molar-refractivity contribution in [2.24, 2.45) is 7.05 Å². The monoisotopic (exact) mass is 289 g/mol. The molecule has 0 aliphatic carbocycles. The average Bonchev–Trinajstić information content (AvgIpc) is 2.86. The van der Waals surface area contributed by atoms with Gasteiger partial charge in [-0.2, -0.15) is 5.10 Å². The van der Waals surface area contributed by atoms with Crippen LogP contribution in [0.15, 0.2) is 41.6 Å². The molecule has 0 amide bonds. The number of hydrogen-bond donors (Lipinski definition) is 1. The van der Waals surface area contributed by atoms with E-state index >= 15 is 0 Å². The van der Waals surface area contributed by atoms with Gasteiger partial charge in [0.2, 0.25) is 0 Å². The molecule has 1 unspecified atom stereocenters. The molecular weight excluding hydrogens is 266 g/mol. The molecule has 1 heterocycles. The van der Waals surface area contributed by atoms with E-state index in [0.717, 1.165) is 18.7 Å². The molecule has 2 aromatic rings. The average molecular weight is 289 g/mol. The van der Waals surface area contributed by atoms with Crippen molar-refractivity contribution < 1.29 is 0 Å². The number of benzene rings is 1. The molecule has 1 aromatic heterocycles. The number of aryl methyl sites for hydroxylation is 2. The van der Waals surface area contributed by atoms with Gasteiger partial charge in [-0.05, 0) is 25.5 Å². The highest BCUT2D eigenvalue weighted by molar-refractivity contribution is 7.99. The Balaban J connectivity index is 2.01. The summed E-state index contributed by atoms with van der Waals surface area (Å²) in [7, 11) is 1.96. The number of nitrogens with zero attached hydrogens (tertiary/aromatic N) is 2. The molecule has 0 spiro atoms. The van der Waals surface area contributed by atoms with E-state index in [2.05, 4.69) is 54.7 Å². The van der Waals surface area contributed by atoms with Crippen LogP contribution < -0.4 is 5.32 Å². The van der Waals surface area contributed by atoms with Crippen molar-refractivity contribution in [3.05, 3.63) is 47.8 Å². The molecule has 0 radical (unpaired) electrons. The molecule has 0 aliphatic heterocycles. The Morgan fingerprint density at radius 1 is 1.30 bits per heavy atom. The largest absolute Gasteiger partial charge is 0.309 e. The summed E-state index contributed by atoms with van der Waals surface area (Å²) >= 11 is 1.85. The van der Waals surface area contributed by atoms with E-state index in [0.29, 0.717) is 6.04 Å². The Labute approximate surface area is 125 Å². The lowest BCUT2D eigenvalue weighted by molar-refractivity contribution is 0.577. The molecule has 2 rings (SSSR count). The standard InChI is InChI=1S/C16H23N3S/c1-4-9-17-16(14-7-5-13(2)6-8-14)12-20-15-10-18-19(3)11-15/h5-8,10-11,16-17H,4,9,12H2,1-3H3. The lowest BCUT2D eigenvalue weighted by Gasteiger charge is -2.18. The van der Waals surface area contributed by atoms with Gasteiger partial charge in [-0.1, -0.05) is 36.8 Å². The molecule has 0 saturated carbocycles. The molecule has 3 nitrogen and oxygen atoms in total. The van der Waals surface area contributed by atoms with Gasteiger partial charge < -0.3 is 5.32 Å². The summed E-state index contributed by atoms with van der Waals surface area (Å²) in [6, 6.07) is 9.22. The summed E-state index contributed by atoms with van der Waals surface area (Å²) < 4.78 is 1.85. The van der Waals surface area contributed by atoms with E-state index in [9.17, 15) is 0 Å². The van der Waals surface area contributed by atoms with E-state index in [1.54, 1.807) is 0 Å². The van der Waals surface area contributed by atoms with E-state index in [-0.39, 0.29) is 0 Å². The minimum absolute atomic E-state index is 0.390. The molecule has 1 aromatic carbocycles. The lowest BCUT2D eigenvalue weighted by Crippen LogP contribution is -2.24. The summed E-state index contributed by atoms with van der Waals surface area (Å²) in [5.41, 5.74) is 2.67. The highest BCUT2D eigenvalue weighted by atomic mass is 32.2. The zero-order valence-corrected chi connectivity index (χ0v) is 13.3. The second-order valence-corrected chi connectivity index (χ2v) is 6.17. The predicted octanol–water partition coefficient (Wildman–Crippen LogP) is 3.56. The smallest absolute Gasteiger partial charge is 0.0625 e. The van der Waals surface area contributed by atoms with Crippen molar-refractivity contribution in [3.8, 4) is 0 Å². The second kappa shape index (κ2) is 7.50. The van der Waals surface area contributed by atoms with E-state index in [4.69, 9.17) is 0 Å². The van der Waals surface area contributed by atoms with E-state index in [1.807, 2.05) is 29.7 Å². The predicted molar refractivity (Wildman–Crippen MR) is 86.1 cm³/mol. The van der Waals surface area contributed by atoms with Gasteiger partial charge in [-0.3, -0.25) is 4.68 Å². The van der Waals surface area contributed by atoms with E-state index < -0.39 is 0 Å². The number of aromatic nitrogens is 2. The number of thioether (sulfide) groups is 1. The Bertz CT molecular complexity index is 519. The molecule has 1 N–H and O–H groups in total. The molecule has 0 bridgehead atoms. The molecule has 0 saturated heterocycles. The molecule has 0 aliphatic rings. The molecular formula is C16H23N3S. The maximum absolute atomic E-state index is 4.22. The minimum Gasteiger partial charge on any atom is -0.309 e. The van der Waals surface area contributed by atoms with Crippen molar-refractivity contribution in [1.29, 1.82) is 0 Å². The van der Waals surface area contributed by atoms with Crippen LogP contribution in [0.25, 0.3) is 0 Å². The van der Waals surface area contributed by atoms with Crippen molar-refractivity contribution in [3.63, 3.8) is 0 Å². The maximum atomic E-state index is 4.22. The quantitative estimate of drug-likeness (QED) is 0.790. The highest BCUT2D eigenvalue weighted by Crippen LogP contribution is 2.24. The third-order valence-corrected chi connectivity index (χ3v) is 4.26. The minimum atomic E-state index is 0.390. The van der Waals surface area contributed by atoms with Gasteiger partial charge in [-0.25, -0.2) is 0 Å². The van der Waals surface area contributed by atoms with Crippen molar-refractivity contribution in [2.45, 2.75) is 31.2 Å². The van der Waals surface area contributed by atoms with Crippen molar-refractivity contribution in [2.75, 3.05) is 12.3 Å². The Morgan fingerprint density at radius 2 is 2.05 bits per heavy atom. The van der Waals surface area contributed by atoms with Gasteiger partial charge in [0.15, 0.2) is 0 Å². The van der Waals surface area contributed by atoms with Gasteiger partial charge in [0, 0.05) is 29.9 Å². The van der Waals surface area contributed by atoms with Crippen LogP contribution in [-0.4, -0.2) is 22.1 Å². The van der Waals surface area contributed by atoms with Crippen molar-refractivity contribution in [1.82, 2.24) is 15.1 Å². The van der Waals surface area contributed by atoms with Gasteiger partial charge in [0.1, 0.15) is 0 Å². The summed E-state index contributed by atoms with van der Waals surface area (Å²) in [5, 5.41) is 7.85. The molecule has 1 atom stereocenters. The van der Waals surface area contributed by atoms with Crippen LogP contribution in [-0.2, 0) is 7.05 Å². The molecule has 20 heavy (non-hydrogen) atoms. The molecule has 4 heteroatoms. The Morgan fingerprint density at radius 3 is 2.65 bits per heavy atom. The molecule has 108 valence electrons. The number of rotatable bonds is 7. The first-order valence-corrected chi connectivity index (χ1v) is 8.09. The van der Waals surface area contributed by atoms with Crippen LogP contribution in [0.5, 0.6) is 0 Å². The topological polar surface area (TPSA) is 29.9 Å². The van der Waals surface area contributed by atoms with Crippen LogP contribution in [0.4, 0.5) is 0 Å². The fourth-order valence-corrected chi connectivity index (χ4v) is 3.06. The van der Waals surface area contributed by atoms with Crippen LogP contribution in [0, 0.1) is 6.92 Å². The Hall–Kier alpha value is -1.26. The normalized spacial score (nSPS) is 12.6. The summed E-state index contributed by atoms with van der Waals surface area (Å²) in [5.74, 6) is 1.02. The second-order valence-electron chi connectivity index (χ2n) is 5.08. The van der Waals surface area contributed by atoms with Crippen LogP contribution in [0.2, 0.25) is 0 Å². The summed E-state index contributed by atoms with van der Waals surface area (Å²) in [6.45, 7) is 5.38. The number of hydrogen-bond acceptors (Lipinski definition) is 3. The van der Waals surface area contributed by atoms with Crippen LogP contribution in [0.1, 0.15) is 30.5 Å². The van der Waals surface area contributed by atoms with Gasteiger partial charge in [0.05, 0.1) is 6.20 Å². The fourth-order valence-electron chi connectivity index (χ4n) is 2.04. The maximum Gasteiger partial charge on any atom is 0.0625 e. The van der Waals surface area contributed by atoms with E-state index in [1.165, 1.54) is 16.0 Å². The SMILES string of the molecule is CCCNC(CSc1cnn(C)c1)c1ccc(C)cc1. The Kier molecular flexibility index (Phi) is 5.68. The van der Waals surface area contributed by atoms with Crippen molar-refractivity contribution >= 4 is 11.8 Å². The van der Waals surface area contributed by atoms with Gasteiger partial charge in [0.25, 0.3) is 0 Å². The first-order chi connectivity index (χ1) is 9.69. The first-order valence-electron chi connectivity index (χ1n) is 7.10. The first kappa shape index (κ1) is 15.1. The third kappa shape index (κ3) is 4.39. The zero-order valence-electron chi connectivity index (χ0n) is 12.5. The third-order valence-electron chi connectivity index (χ3n) is 3.22. The van der Waals surface area contributed by atoms with Crippen LogP contribution in [0.3, 0.4) is 0 Å². The van der Waals surface area contributed by atoms with Gasteiger partial charge >= 0.3 is 0 Å². The lowest BCUT2D eigenvalue weighted by atomic mass is 10.1. The summed E-state index contributed by atoms with van der Waals surface area (Å²) in [6.07, 6.45) is 5.15. The van der Waals surface area contributed by atoms with Crippen LogP contribution >= 0.6 is 11.8 Å². The fraction of sp³-hybridized carbons (Fsp3) is 0.438. The highest BCUT2D eigenvalue weighted by Gasteiger charge is 2.11. The number of nitrogens with one attached hydrogen (secondary N) is 1. The van der Waals surface area contributed by atoms with Gasteiger partial charge in [-0.15, -0.1) is 11.8 Å². The summed E-state index contributed by atoms with van der Waals surface area (Å²) in [4.78, 5) is 1.22. The zero-order chi connectivity index (χ0) is 14.4.